The fourth-order valence-electron chi connectivity index (χ4n) is 4.14. The minimum atomic E-state index is 0.236. The molecule has 1 saturated heterocycles. The Bertz CT molecular complexity index is 1120. The van der Waals surface area contributed by atoms with Crippen molar-refractivity contribution in [2.75, 3.05) is 37.0 Å². The lowest BCUT2D eigenvalue weighted by molar-refractivity contribution is 0.203. The van der Waals surface area contributed by atoms with Crippen molar-refractivity contribution in [3.63, 3.8) is 0 Å². The number of hydrogen-bond acceptors (Lipinski definition) is 7. The van der Waals surface area contributed by atoms with Crippen molar-refractivity contribution in [2.45, 2.75) is 26.3 Å². The first-order chi connectivity index (χ1) is 15.1. The molecule has 0 spiro atoms. The van der Waals surface area contributed by atoms with E-state index in [4.69, 9.17) is 4.74 Å². The van der Waals surface area contributed by atoms with Gasteiger partial charge in [0.15, 0.2) is 11.6 Å². The van der Waals surface area contributed by atoms with E-state index in [9.17, 15) is 10.4 Å². The van der Waals surface area contributed by atoms with Gasteiger partial charge in [0.1, 0.15) is 5.75 Å². The van der Waals surface area contributed by atoms with E-state index in [0.717, 1.165) is 59.4 Å². The van der Waals surface area contributed by atoms with Crippen molar-refractivity contribution in [1.29, 1.82) is 5.26 Å². The molecule has 1 aromatic heterocycles. The number of methoxy groups -OCH3 is 1. The third-order valence-electron chi connectivity index (χ3n) is 5.98. The molecule has 0 aliphatic carbocycles. The number of aliphatic hydroxyl groups excluding tert-OH is 1. The fourth-order valence-corrected chi connectivity index (χ4v) is 4.14. The molecule has 160 valence electrons. The van der Waals surface area contributed by atoms with Crippen molar-refractivity contribution < 1.29 is 9.84 Å². The summed E-state index contributed by atoms with van der Waals surface area (Å²) in [5.41, 5.74) is 2.78. The van der Waals surface area contributed by atoms with Gasteiger partial charge in [-0.2, -0.15) is 5.26 Å². The van der Waals surface area contributed by atoms with Crippen LogP contribution < -0.4 is 15.0 Å². The number of anilines is 2. The van der Waals surface area contributed by atoms with E-state index in [2.05, 4.69) is 32.5 Å². The maximum Gasteiger partial charge on any atom is 0.159 e. The molecule has 0 unspecified atom stereocenters. The maximum absolute atomic E-state index is 9.42. The van der Waals surface area contributed by atoms with Gasteiger partial charge in [-0.3, -0.25) is 0 Å². The number of aromatic nitrogens is 2. The van der Waals surface area contributed by atoms with Gasteiger partial charge in [-0.15, -0.1) is 10.2 Å². The van der Waals surface area contributed by atoms with Crippen molar-refractivity contribution in [2.24, 2.45) is 5.92 Å². The molecule has 0 saturated carbocycles. The van der Waals surface area contributed by atoms with Crippen molar-refractivity contribution in [1.82, 2.24) is 10.2 Å². The molecule has 31 heavy (non-hydrogen) atoms. The molecular weight excluding hydrogens is 390 g/mol. The zero-order valence-electron chi connectivity index (χ0n) is 17.9. The van der Waals surface area contributed by atoms with Gasteiger partial charge in [0, 0.05) is 37.0 Å². The second-order valence-corrected chi connectivity index (χ2v) is 8.01. The van der Waals surface area contributed by atoms with Crippen molar-refractivity contribution in [3.8, 4) is 11.8 Å². The standard InChI is InChI=1S/C24H27N5O2/c1-16-11-19(4-6-22(16)31-2)14-26-23-21-12-18(13-25)3-5-20(21)24(28-27-23)29-9-7-17(15-30)8-10-29/h3-6,11-12,17,30H,7-10,14-15H2,1-2H3,(H,26,27). The predicted molar refractivity (Wildman–Crippen MR) is 121 cm³/mol. The number of nitrogens with zero attached hydrogens (tertiary/aromatic N) is 4. The number of piperidine rings is 1. The molecule has 2 N–H and O–H groups in total. The summed E-state index contributed by atoms with van der Waals surface area (Å²) in [5, 5.41) is 33.1. The molecule has 2 heterocycles. The Hall–Kier alpha value is -3.37. The number of aliphatic hydroxyl groups is 1. The number of hydrogen-bond donors (Lipinski definition) is 2. The van der Waals surface area contributed by atoms with Gasteiger partial charge in [0.05, 0.1) is 18.7 Å². The molecule has 0 amide bonds. The zero-order chi connectivity index (χ0) is 21.8. The number of benzene rings is 2. The van der Waals surface area contributed by atoms with Crippen LogP contribution in [0.3, 0.4) is 0 Å². The topological polar surface area (TPSA) is 94.3 Å². The number of nitrogens with one attached hydrogen (secondary N) is 1. The first-order valence-corrected chi connectivity index (χ1v) is 10.6. The first-order valence-electron chi connectivity index (χ1n) is 10.6. The van der Waals surface area contributed by atoms with Crippen LogP contribution in [0.4, 0.5) is 11.6 Å². The predicted octanol–water partition coefficient (Wildman–Crippen LogP) is 3.64. The molecule has 2 aromatic carbocycles. The molecular formula is C24H27N5O2. The third kappa shape index (κ3) is 4.39. The summed E-state index contributed by atoms with van der Waals surface area (Å²) in [4.78, 5) is 2.23. The summed E-state index contributed by atoms with van der Waals surface area (Å²) in [6.45, 7) is 4.53. The van der Waals surface area contributed by atoms with Crippen molar-refractivity contribution in [3.05, 3.63) is 53.1 Å². The second-order valence-electron chi connectivity index (χ2n) is 8.01. The Morgan fingerprint density at radius 1 is 1.16 bits per heavy atom. The van der Waals surface area contributed by atoms with E-state index in [1.807, 2.05) is 37.3 Å². The van der Waals surface area contributed by atoms with E-state index >= 15 is 0 Å². The number of ether oxygens (including phenoxy) is 1. The Balaban J connectivity index is 1.63. The van der Waals surface area contributed by atoms with E-state index in [1.54, 1.807) is 7.11 Å². The van der Waals surface area contributed by atoms with Crippen LogP contribution in [0.15, 0.2) is 36.4 Å². The largest absolute Gasteiger partial charge is 0.496 e. The highest BCUT2D eigenvalue weighted by Crippen LogP contribution is 2.32. The van der Waals surface area contributed by atoms with Crippen LogP contribution >= 0.6 is 0 Å². The van der Waals surface area contributed by atoms with E-state index in [0.29, 0.717) is 23.8 Å². The van der Waals surface area contributed by atoms with E-state index in [-0.39, 0.29) is 6.61 Å². The number of aryl methyl sites for hydroxylation is 1. The summed E-state index contributed by atoms with van der Waals surface area (Å²) < 4.78 is 5.34. The molecule has 0 bridgehead atoms. The van der Waals surface area contributed by atoms with Gasteiger partial charge in [0.25, 0.3) is 0 Å². The highest BCUT2D eigenvalue weighted by Gasteiger charge is 2.22. The third-order valence-corrected chi connectivity index (χ3v) is 5.98. The van der Waals surface area contributed by atoms with E-state index in [1.165, 1.54) is 0 Å². The SMILES string of the molecule is COc1ccc(CNc2nnc(N3CCC(CO)CC3)c3ccc(C#N)cc23)cc1C. The minimum Gasteiger partial charge on any atom is -0.496 e. The van der Waals surface area contributed by atoms with Gasteiger partial charge in [-0.05, 0) is 61.1 Å². The molecule has 1 fully saturated rings. The number of nitriles is 1. The van der Waals surface area contributed by atoms with Gasteiger partial charge >= 0.3 is 0 Å². The highest BCUT2D eigenvalue weighted by molar-refractivity contribution is 5.99. The first kappa shape index (κ1) is 20.9. The van der Waals surface area contributed by atoms with Gasteiger partial charge < -0.3 is 20.1 Å². The smallest absolute Gasteiger partial charge is 0.159 e. The van der Waals surface area contributed by atoms with Gasteiger partial charge in [0.2, 0.25) is 0 Å². The maximum atomic E-state index is 9.42. The lowest BCUT2D eigenvalue weighted by Crippen LogP contribution is -2.35. The lowest BCUT2D eigenvalue weighted by atomic mass is 9.97. The average Bonchev–Trinajstić information content (AvgIpc) is 2.82. The van der Waals surface area contributed by atoms with Gasteiger partial charge in [-0.1, -0.05) is 12.1 Å². The summed E-state index contributed by atoms with van der Waals surface area (Å²) in [6, 6.07) is 13.9. The molecule has 4 rings (SSSR count). The monoisotopic (exact) mass is 417 g/mol. The Labute approximate surface area is 182 Å². The minimum absolute atomic E-state index is 0.236. The van der Waals surface area contributed by atoms with E-state index < -0.39 is 0 Å². The van der Waals surface area contributed by atoms with Gasteiger partial charge in [-0.25, -0.2) is 0 Å². The van der Waals surface area contributed by atoms with Crippen LogP contribution in [-0.2, 0) is 6.54 Å². The summed E-state index contributed by atoms with van der Waals surface area (Å²) in [7, 11) is 1.67. The zero-order valence-corrected chi connectivity index (χ0v) is 17.9. The van der Waals surface area contributed by atoms with Crippen LogP contribution in [0.1, 0.15) is 29.5 Å². The Morgan fingerprint density at radius 2 is 1.97 bits per heavy atom. The molecule has 1 aliphatic heterocycles. The summed E-state index contributed by atoms with van der Waals surface area (Å²) in [5.74, 6) is 2.72. The van der Waals surface area contributed by atoms with Crippen LogP contribution in [0.2, 0.25) is 0 Å². The highest BCUT2D eigenvalue weighted by atomic mass is 16.5. The molecule has 7 heteroatoms. The molecule has 1 aliphatic rings. The summed E-state index contributed by atoms with van der Waals surface area (Å²) in [6.07, 6.45) is 1.87. The number of fused-ring (bicyclic) bond motifs is 1. The molecule has 0 atom stereocenters. The summed E-state index contributed by atoms with van der Waals surface area (Å²) >= 11 is 0. The van der Waals surface area contributed by atoms with Crippen LogP contribution in [0.25, 0.3) is 10.8 Å². The Kier molecular flexibility index (Phi) is 6.19. The second kappa shape index (κ2) is 9.19. The van der Waals surface area contributed by atoms with Crippen LogP contribution in [-0.4, -0.2) is 42.1 Å². The molecule has 3 aromatic rings. The Morgan fingerprint density at radius 3 is 2.65 bits per heavy atom. The molecule has 7 nitrogen and oxygen atoms in total. The number of rotatable bonds is 6. The van der Waals surface area contributed by atoms with Crippen LogP contribution in [0.5, 0.6) is 5.75 Å². The fraction of sp³-hybridized carbons (Fsp3) is 0.375. The van der Waals surface area contributed by atoms with Crippen molar-refractivity contribution >= 4 is 22.4 Å². The average molecular weight is 418 g/mol. The molecule has 0 radical (unpaired) electrons. The normalized spacial score (nSPS) is 14.5. The quantitative estimate of drug-likeness (QED) is 0.632. The van der Waals surface area contributed by atoms with Crippen LogP contribution in [0, 0.1) is 24.2 Å². The lowest BCUT2D eigenvalue weighted by Gasteiger charge is -2.32.